The Morgan fingerprint density at radius 2 is 1.87 bits per heavy atom. The quantitative estimate of drug-likeness (QED) is 0.775. The van der Waals surface area contributed by atoms with Crippen LogP contribution < -0.4 is 15.4 Å². The predicted octanol–water partition coefficient (Wildman–Crippen LogP) is 1.18. The molecule has 2 aromatic rings. The molecule has 3 aliphatic rings. The van der Waals surface area contributed by atoms with Gasteiger partial charge in [0.1, 0.15) is 5.82 Å². The lowest BCUT2D eigenvalue weighted by Crippen LogP contribution is -2.43. The number of aromatic nitrogens is 3. The number of pyridine rings is 1. The molecule has 0 amide bonds. The van der Waals surface area contributed by atoms with Gasteiger partial charge >= 0.3 is 5.97 Å². The maximum absolute atomic E-state index is 12.8. The van der Waals surface area contributed by atoms with Crippen molar-refractivity contribution in [1.82, 2.24) is 15.0 Å². The van der Waals surface area contributed by atoms with Crippen molar-refractivity contribution < 1.29 is 14.6 Å². The Morgan fingerprint density at radius 3 is 2.53 bits per heavy atom. The number of hydrogen-bond acceptors (Lipinski definition) is 7. The van der Waals surface area contributed by atoms with Crippen LogP contribution in [0.25, 0.3) is 0 Å². The van der Waals surface area contributed by atoms with Crippen molar-refractivity contribution in [3.05, 3.63) is 45.5 Å². The molecule has 2 aliphatic heterocycles. The first-order valence-corrected chi connectivity index (χ1v) is 10.5. The molecule has 158 valence electrons. The van der Waals surface area contributed by atoms with Crippen LogP contribution in [-0.2, 0) is 16.6 Å². The molecule has 9 heteroatoms. The Balaban J connectivity index is 1.37. The van der Waals surface area contributed by atoms with E-state index >= 15 is 0 Å². The fraction of sp³-hybridized carbons (Fsp3) is 0.524. The largest absolute Gasteiger partial charge is 0.478 e. The third-order valence-corrected chi connectivity index (χ3v) is 6.71. The number of carboxylic acids is 1. The van der Waals surface area contributed by atoms with Crippen LogP contribution in [0.3, 0.4) is 0 Å². The number of carboxylic acid groups (broad SMARTS) is 1. The first kappa shape index (κ1) is 19.0. The Bertz CT molecular complexity index is 1010. The highest BCUT2D eigenvalue weighted by atomic mass is 16.5. The number of hydrogen-bond donors (Lipinski definition) is 2. The van der Waals surface area contributed by atoms with Crippen molar-refractivity contribution in [2.45, 2.75) is 31.1 Å². The molecule has 0 unspecified atom stereocenters. The fourth-order valence-electron chi connectivity index (χ4n) is 4.91. The zero-order chi connectivity index (χ0) is 20.7. The van der Waals surface area contributed by atoms with Crippen molar-refractivity contribution in [2.75, 3.05) is 49.2 Å². The topological polar surface area (TPSA) is 112 Å². The summed E-state index contributed by atoms with van der Waals surface area (Å²) in [5.41, 5.74) is 1.93. The third-order valence-electron chi connectivity index (χ3n) is 6.71. The number of fused-ring (bicyclic) bond motifs is 2. The summed E-state index contributed by atoms with van der Waals surface area (Å²) >= 11 is 0. The summed E-state index contributed by atoms with van der Waals surface area (Å²) in [4.78, 5) is 40.4. The van der Waals surface area contributed by atoms with E-state index in [1.807, 2.05) is 0 Å². The van der Waals surface area contributed by atoms with Gasteiger partial charge in [-0.15, -0.1) is 0 Å². The number of piperidine rings is 1. The van der Waals surface area contributed by atoms with Gasteiger partial charge in [-0.1, -0.05) is 0 Å². The van der Waals surface area contributed by atoms with E-state index in [2.05, 4.69) is 19.8 Å². The molecule has 0 radical (unpaired) electrons. The lowest BCUT2D eigenvalue weighted by Gasteiger charge is -2.40. The van der Waals surface area contributed by atoms with Gasteiger partial charge < -0.3 is 19.6 Å². The summed E-state index contributed by atoms with van der Waals surface area (Å²) < 4.78 is 5.42. The molecule has 0 aromatic carbocycles. The molecular formula is C21H25N5O4. The van der Waals surface area contributed by atoms with Gasteiger partial charge in [-0.3, -0.25) is 9.78 Å². The Hall–Kier alpha value is -2.94. The van der Waals surface area contributed by atoms with Crippen LogP contribution in [0, 0.1) is 0 Å². The lowest BCUT2D eigenvalue weighted by atomic mass is 9.76. The average Bonchev–Trinajstić information content (AvgIpc) is 3.13. The van der Waals surface area contributed by atoms with E-state index < -0.39 is 5.97 Å². The van der Waals surface area contributed by atoms with Crippen LogP contribution in [-0.4, -0.2) is 65.4 Å². The van der Waals surface area contributed by atoms with Gasteiger partial charge in [0.25, 0.3) is 5.56 Å². The molecule has 4 heterocycles. The number of aromatic amines is 1. The fourth-order valence-corrected chi connectivity index (χ4v) is 4.91. The van der Waals surface area contributed by atoms with E-state index in [1.165, 1.54) is 6.20 Å². The van der Waals surface area contributed by atoms with Gasteiger partial charge in [0, 0.05) is 43.4 Å². The average molecular weight is 411 g/mol. The highest BCUT2D eigenvalue weighted by Gasteiger charge is 2.44. The number of nitrogens with zero attached hydrogens (tertiary/aromatic N) is 4. The number of carbonyl (C=O) groups is 1. The molecule has 2 aromatic heterocycles. The van der Waals surface area contributed by atoms with E-state index in [1.54, 1.807) is 12.1 Å². The minimum Gasteiger partial charge on any atom is -0.478 e. The summed E-state index contributed by atoms with van der Waals surface area (Å²) in [7, 11) is 0. The van der Waals surface area contributed by atoms with Gasteiger partial charge in [0.05, 0.1) is 24.5 Å². The number of nitrogens with one attached hydrogen (secondary N) is 1. The smallest absolute Gasteiger partial charge is 0.337 e. The molecule has 5 rings (SSSR count). The van der Waals surface area contributed by atoms with Gasteiger partial charge in [-0.25, -0.2) is 14.8 Å². The van der Waals surface area contributed by atoms with Crippen molar-refractivity contribution in [2.24, 2.45) is 0 Å². The summed E-state index contributed by atoms with van der Waals surface area (Å²) in [6, 6.07) is 3.36. The van der Waals surface area contributed by atoms with Crippen LogP contribution in [0.1, 0.15) is 40.9 Å². The minimum absolute atomic E-state index is 0.00766. The summed E-state index contributed by atoms with van der Waals surface area (Å²) in [6.07, 6.45) is 4.93. The number of anilines is 2. The molecule has 1 spiro atoms. The van der Waals surface area contributed by atoms with Gasteiger partial charge in [-0.2, -0.15) is 0 Å². The second-order valence-electron chi connectivity index (χ2n) is 8.29. The van der Waals surface area contributed by atoms with E-state index in [0.717, 1.165) is 68.9 Å². The SMILES string of the molecule is O=C(O)c1ccc(N2CCC3(CCc4c3nc(N3CCOCC3)[nH]c4=O)CC2)nc1. The standard InChI is InChI=1S/C21H25N5O4/c27-18-15-3-4-21(17(15)23-20(24-18)26-9-11-30-12-10-26)5-7-25(8-6-21)16-2-1-14(13-22-16)19(28)29/h1-2,13H,3-12H2,(H,28,29)(H,23,24,27). The number of morpholine rings is 1. The minimum atomic E-state index is -0.971. The van der Waals surface area contributed by atoms with Crippen molar-refractivity contribution in [3.8, 4) is 0 Å². The van der Waals surface area contributed by atoms with Crippen molar-refractivity contribution in [1.29, 1.82) is 0 Å². The molecular weight excluding hydrogens is 386 g/mol. The second-order valence-corrected chi connectivity index (χ2v) is 8.29. The van der Waals surface area contributed by atoms with E-state index in [9.17, 15) is 9.59 Å². The predicted molar refractivity (Wildman–Crippen MR) is 111 cm³/mol. The van der Waals surface area contributed by atoms with E-state index in [0.29, 0.717) is 19.2 Å². The number of rotatable bonds is 3. The van der Waals surface area contributed by atoms with Crippen molar-refractivity contribution >= 4 is 17.7 Å². The van der Waals surface area contributed by atoms with Crippen LogP contribution in [0.4, 0.5) is 11.8 Å². The summed E-state index contributed by atoms with van der Waals surface area (Å²) in [6.45, 7) is 4.38. The zero-order valence-corrected chi connectivity index (χ0v) is 16.8. The highest BCUT2D eigenvalue weighted by molar-refractivity contribution is 5.87. The maximum Gasteiger partial charge on any atom is 0.337 e. The molecule has 9 nitrogen and oxygen atoms in total. The number of ether oxygens (including phenoxy) is 1. The second kappa shape index (κ2) is 7.39. The van der Waals surface area contributed by atoms with Crippen LogP contribution in [0.2, 0.25) is 0 Å². The molecule has 2 fully saturated rings. The Morgan fingerprint density at radius 1 is 1.10 bits per heavy atom. The first-order chi connectivity index (χ1) is 14.6. The molecule has 0 bridgehead atoms. The number of aromatic carboxylic acids is 1. The van der Waals surface area contributed by atoms with E-state index in [4.69, 9.17) is 14.8 Å². The van der Waals surface area contributed by atoms with Gasteiger partial charge in [0.2, 0.25) is 5.95 Å². The monoisotopic (exact) mass is 411 g/mol. The zero-order valence-electron chi connectivity index (χ0n) is 16.8. The molecule has 0 atom stereocenters. The van der Waals surface area contributed by atoms with Gasteiger partial charge in [0.15, 0.2) is 0 Å². The summed E-state index contributed by atoms with van der Waals surface area (Å²) in [5, 5.41) is 9.06. The third kappa shape index (κ3) is 3.23. The Kier molecular flexibility index (Phi) is 4.69. The van der Waals surface area contributed by atoms with Crippen LogP contribution in [0.5, 0.6) is 0 Å². The van der Waals surface area contributed by atoms with Gasteiger partial charge in [-0.05, 0) is 37.8 Å². The lowest BCUT2D eigenvalue weighted by molar-refractivity contribution is 0.0696. The highest BCUT2D eigenvalue weighted by Crippen LogP contribution is 2.45. The van der Waals surface area contributed by atoms with Crippen LogP contribution in [0.15, 0.2) is 23.1 Å². The van der Waals surface area contributed by atoms with Crippen LogP contribution >= 0.6 is 0 Å². The number of H-pyrrole nitrogens is 1. The molecule has 30 heavy (non-hydrogen) atoms. The maximum atomic E-state index is 12.8. The van der Waals surface area contributed by atoms with Crippen molar-refractivity contribution in [3.63, 3.8) is 0 Å². The molecule has 2 saturated heterocycles. The Labute approximate surface area is 173 Å². The van der Waals surface area contributed by atoms with E-state index in [-0.39, 0.29) is 16.5 Å². The normalized spacial score (nSPS) is 20.4. The molecule has 0 saturated carbocycles. The summed E-state index contributed by atoms with van der Waals surface area (Å²) in [5.74, 6) is 0.485. The first-order valence-electron chi connectivity index (χ1n) is 10.5. The molecule has 1 aliphatic carbocycles. The molecule has 2 N–H and O–H groups in total.